The van der Waals surface area contributed by atoms with Gasteiger partial charge in [0, 0.05) is 25.8 Å². The van der Waals surface area contributed by atoms with Crippen molar-refractivity contribution in [2.75, 3.05) is 25.5 Å². The highest BCUT2D eigenvalue weighted by molar-refractivity contribution is 5.46. The molecule has 2 atom stereocenters. The largest absolute Gasteiger partial charge is 0.378 e. The summed E-state index contributed by atoms with van der Waals surface area (Å²) in [5.74, 6) is 0.809. The Morgan fingerprint density at radius 2 is 1.87 bits per heavy atom. The molecule has 0 unspecified atom stereocenters. The lowest BCUT2D eigenvalue weighted by Crippen LogP contribution is -2.14. The predicted molar refractivity (Wildman–Crippen MR) is 65.3 cm³/mol. The third-order valence-electron chi connectivity index (χ3n) is 3.16. The van der Waals surface area contributed by atoms with Crippen molar-refractivity contribution in [2.24, 2.45) is 5.92 Å². The van der Waals surface area contributed by atoms with E-state index in [0.29, 0.717) is 6.04 Å². The molecule has 1 N–H and O–H groups in total. The molecule has 0 spiro atoms. The summed E-state index contributed by atoms with van der Waals surface area (Å²) < 4.78 is 0. The Kier molecular flexibility index (Phi) is 2.96. The fraction of sp³-hybridized carbons (Fsp3) is 0.538. The van der Waals surface area contributed by atoms with Crippen molar-refractivity contribution in [3.8, 4) is 0 Å². The number of anilines is 1. The van der Waals surface area contributed by atoms with Crippen molar-refractivity contribution >= 4 is 5.69 Å². The van der Waals surface area contributed by atoms with E-state index in [-0.39, 0.29) is 0 Å². The van der Waals surface area contributed by atoms with Crippen molar-refractivity contribution in [2.45, 2.75) is 19.4 Å². The smallest absolute Gasteiger partial charge is 0.0361 e. The zero-order chi connectivity index (χ0) is 10.8. The molecule has 1 saturated heterocycles. The Bertz CT molecular complexity index is 316. The fourth-order valence-electron chi connectivity index (χ4n) is 2.17. The number of rotatable bonds is 2. The third kappa shape index (κ3) is 2.32. The van der Waals surface area contributed by atoms with Gasteiger partial charge < -0.3 is 10.2 Å². The van der Waals surface area contributed by atoms with Gasteiger partial charge in [0.1, 0.15) is 0 Å². The van der Waals surface area contributed by atoms with Crippen LogP contribution in [0.5, 0.6) is 0 Å². The monoisotopic (exact) mass is 204 g/mol. The van der Waals surface area contributed by atoms with Crippen LogP contribution in [-0.4, -0.2) is 20.6 Å². The fourth-order valence-corrected chi connectivity index (χ4v) is 2.17. The first-order valence-electron chi connectivity index (χ1n) is 5.67. The second-order valence-electron chi connectivity index (χ2n) is 4.79. The van der Waals surface area contributed by atoms with Gasteiger partial charge in [-0.25, -0.2) is 0 Å². The molecule has 82 valence electrons. The van der Waals surface area contributed by atoms with Crippen LogP contribution in [-0.2, 0) is 0 Å². The quantitative estimate of drug-likeness (QED) is 0.796. The molecule has 1 aliphatic rings. The topological polar surface area (TPSA) is 15.3 Å². The van der Waals surface area contributed by atoms with E-state index in [1.165, 1.54) is 17.7 Å². The molecule has 1 heterocycles. The first-order chi connectivity index (χ1) is 7.16. The van der Waals surface area contributed by atoms with E-state index in [2.05, 4.69) is 55.5 Å². The molecule has 2 rings (SSSR count). The first-order valence-corrected chi connectivity index (χ1v) is 5.67. The molecule has 1 aromatic rings. The second kappa shape index (κ2) is 4.23. The molecule has 15 heavy (non-hydrogen) atoms. The average Bonchev–Trinajstić information content (AvgIpc) is 2.65. The van der Waals surface area contributed by atoms with E-state index in [1.807, 2.05) is 0 Å². The molecule has 0 bridgehead atoms. The maximum atomic E-state index is 3.56. The molecule has 0 aliphatic carbocycles. The molecular formula is C13H20N2. The first kappa shape index (κ1) is 10.5. The summed E-state index contributed by atoms with van der Waals surface area (Å²) in [5, 5.41) is 3.56. The average molecular weight is 204 g/mol. The lowest BCUT2D eigenvalue weighted by molar-refractivity contribution is 0.612. The summed E-state index contributed by atoms with van der Waals surface area (Å²) >= 11 is 0. The van der Waals surface area contributed by atoms with Crippen LogP contribution in [0, 0.1) is 5.92 Å². The minimum absolute atomic E-state index is 0.566. The standard InChI is InChI=1S/C13H20N2/c1-10-8-13(14-9-10)11-4-6-12(7-5-11)15(2)3/h4-7,10,13-14H,8-9H2,1-3H3/t10-,13+/m1/s1. The second-order valence-corrected chi connectivity index (χ2v) is 4.79. The summed E-state index contributed by atoms with van der Waals surface area (Å²) in [7, 11) is 4.15. The number of nitrogens with one attached hydrogen (secondary N) is 1. The Morgan fingerprint density at radius 3 is 2.33 bits per heavy atom. The van der Waals surface area contributed by atoms with E-state index in [9.17, 15) is 0 Å². The predicted octanol–water partition coefficient (Wildman–Crippen LogP) is 2.42. The molecule has 2 heteroatoms. The van der Waals surface area contributed by atoms with Crippen LogP contribution in [0.2, 0.25) is 0 Å². The lowest BCUT2D eigenvalue weighted by Gasteiger charge is -2.15. The van der Waals surface area contributed by atoms with Gasteiger partial charge in [-0.2, -0.15) is 0 Å². The van der Waals surface area contributed by atoms with Gasteiger partial charge in [-0.05, 0) is 36.6 Å². The zero-order valence-electron chi connectivity index (χ0n) is 9.83. The molecule has 0 aromatic heterocycles. The zero-order valence-corrected chi connectivity index (χ0v) is 9.83. The summed E-state index contributed by atoms with van der Waals surface area (Å²) in [5.41, 5.74) is 2.69. The van der Waals surface area contributed by atoms with Crippen molar-refractivity contribution in [1.29, 1.82) is 0 Å². The van der Waals surface area contributed by atoms with Gasteiger partial charge in [0.15, 0.2) is 0 Å². The van der Waals surface area contributed by atoms with Gasteiger partial charge in [-0.3, -0.25) is 0 Å². The Labute approximate surface area is 92.3 Å². The summed E-state index contributed by atoms with van der Waals surface area (Å²) in [4.78, 5) is 2.13. The van der Waals surface area contributed by atoms with Gasteiger partial charge in [-0.1, -0.05) is 19.1 Å². The molecule has 0 amide bonds. The van der Waals surface area contributed by atoms with E-state index in [1.54, 1.807) is 0 Å². The number of nitrogens with zero attached hydrogens (tertiary/aromatic N) is 1. The van der Waals surface area contributed by atoms with Gasteiger partial charge in [0.25, 0.3) is 0 Å². The highest BCUT2D eigenvalue weighted by Crippen LogP contribution is 2.27. The summed E-state index contributed by atoms with van der Waals surface area (Å²) in [6, 6.07) is 9.44. The molecule has 1 aromatic carbocycles. The normalized spacial score (nSPS) is 25.5. The Morgan fingerprint density at radius 1 is 1.20 bits per heavy atom. The van der Waals surface area contributed by atoms with E-state index < -0.39 is 0 Å². The van der Waals surface area contributed by atoms with Crippen LogP contribution in [0.3, 0.4) is 0 Å². The highest BCUT2D eigenvalue weighted by Gasteiger charge is 2.21. The van der Waals surface area contributed by atoms with Crippen LogP contribution in [0.1, 0.15) is 24.9 Å². The molecular weight excluding hydrogens is 184 g/mol. The highest BCUT2D eigenvalue weighted by atomic mass is 15.1. The van der Waals surface area contributed by atoms with Gasteiger partial charge >= 0.3 is 0 Å². The summed E-state index contributed by atoms with van der Waals surface area (Å²) in [6.45, 7) is 3.46. The van der Waals surface area contributed by atoms with Crippen LogP contribution in [0.25, 0.3) is 0 Å². The van der Waals surface area contributed by atoms with Gasteiger partial charge in [0.05, 0.1) is 0 Å². The van der Waals surface area contributed by atoms with Gasteiger partial charge in [0.2, 0.25) is 0 Å². The maximum absolute atomic E-state index is 3.56. The van der Waals surface area contributed by atoms with Crippen LogP contribution < -0.4 is 10.2 Å². The number of benzene rings is 1. The third-order valence-corrected chi connectivity index (χ3v) is 3.16. The molecule has 0 saturated carbocycles. The van der Waals surface area contributed by atoms with Crippen molar-refractivity contribution in [3.05, 3.63) is 29.8 Å². The number of hydrogen-bond acceptors (Lipinski definition) is 2. The summed E-state index contributed by atoms with van der Waals surface area (Å²) in [6.07, 6.45) is 1.27. The van der Waals surface area contributed by atoms with Crippen molar-refractivity contribution in [1.82, 2.24) is 5.32 Å². The van der Waals surface area contributed by atoms with Crippen LogP contribution in [0.15, 0.2) is 24.3 Å². The SMILES string of the molecule is C[C@H]1CN[C@H](c2ccc(N(C)C)cc2)C1. The lowest BCUT2D eigenvalue weighted by atomic mass is 10.0. The van der Waals surface area contributed by atoms with Crippen molar-refractivity contribution < 1.29 is 0 Å². The molecule has 2 nitrogen and oxygen atoms in total. The Hall–Kier alpha value is -1.02. The van der Waals surface area contributed by atoms with Gasteiger partial charge in [-0.15, -0.1) is 0 Å². The molecule has 1 aliphatic heterocycles. The minimum atomic E-state index is 0.566. The maximum Gasteiger partial charge on any atom is 0.0361 e. The number of hydrogen-bond donors (Lipinski definition) is 1. The molecule has 0 radical (unpaired) electrons. The van der Waals surface area contributed by atoms with Crippen LogP contribution >= 0.6 is 0 Å². The van der Waals surface area contributed by atoms with E-state index in [4.69, 9.17) is 0 Å². The van der Waals surface area contributed by atoms with E-state index in [0.717, 1.165) is 12.5 Å². The van der Waals surface area contributed by atoms with Crippen LogP contribution in [0.4, 0.5) is 5.69 Å². The van der Waals surface area contributed by atoms with Crippen molar-refractivity contribution in [3.63, 3.8) is 0 Å². The minimum Gasteiger partial charge on any atom is -0.378 e. The van der Waals surface area contributed by atoms with E-state index >= 15 is 0 Å². The Balaban J connectivity index is 2.10. The molecule has 1 fully saturated rings.